The second-order valence-electron chi connectivity index (χ2n) is 5.30. The highest BCUT2D eigenvalue weighted by atomic mass is 19.4. The molecule has 0 unspecified atom stereocenters. The highest BCUT2D eigenvalue weighted by molar-refractivity contribution is 5.74. The lowest BCUT2D eigenvalue weighted by Gasteiger charge is -2.26. The van der Waals surface area contributed by atoms with Gasteiger partial charge in [0.25, 0.3) is 0 Å². The van der Waals surface area contributed by atoms with Crippen molar-refractivity contribution < 1.29 is 22.7 Å². The number of rotatable bonds is 2. The Morgan fingerprint density at radius 2 is 2.17 bits per heavy atom. The van der Waals surface area contributed by atoms with E-state index >= 15 is 0 Å². The quantitative estimate of drug-likeness (QED) is 0.924. The number of carbonyl (C=O) groups excluding carboxylic acids is 1. The van der Waals surface area contributed by atoms with Crippen molar-refractivity contribution >= 4 is 5.91 Å². The van der Waals surface area contributed by atoms with Crippen molar-refractivity contribution in [2.75, 3.05) is 6.54 Å². The van der Waals surface area contributed by atoms with Gasteiger partial charge in [0, 0.05) is 43.3 Å². The van der Waals surface area contributed by atoms with Crippen LogP contribution in [-0.4, -0.2) is 33.9 Å². The smallest absolute Gasteiger partial charge is 0.406 e. The number of benzene rings is 1. The van der Waals surface area contributed by atoms with Gasteiger partial charge in [0.2, 0.25) is 5.91 Å². The fourth-order valence-corrected chi connectivity index (χ4v) is 2.64. The molecule has 8 heteroatoms. The molecule has 0 spiro atoms. The second-order valence-corrected chi connectivity index (χ2v) is 5.30. The van der Waals surface area contributed by atoms with E-state index in [4.69, 9.17) is 0 Å². The molecule has 0 aliphatic carbocycles. The van der Waals surface area contributed by atoms with E-state index in [2.05, 4.69) is 14.9 Å². The molecule has 23 heavy (non-hydrogen) atoms. The number of ether oxygens (including phenoxy) is 1. The zero-order chi connectivity index (χ0) is 16.6. The number of hydrogen-bond donors (Lipinski definition) is 1. The Labute approximate surface area is 130 Å². The summed E-state index contributed by atoms with van der Waals surface area (Å²) in [7, 11) is 0. The average Bonchev–Trinajstić information content (AvgIpc) is 2.88. The molecule has 0 saturated heterocycles. The van der Waals surface area contributed by atoms with Crippen LogP contribution in [0.5, 0.6) is 5.75 Å². The highest BCUT2D eigenvalue weighted by Crippen LogP contribution is 2.31. The molecule has 0 radical (unpaired) electrons. The molecule has 122 valence electrons. The molecule has 0 fully saturated rings. The van der Waals surface area contributed by atoms with E-state index < -0.39 is 6.36 Å². The van der Waals surface area contributed by atoms with Gasteiger partial charge in [0.05, 0.1) is 5.69 Å². The average molecular weight is 325 g/mol. The number of aromatic nitrogens is 2. The van der Waals surface area contributed by atoms with Crippen LogP contribution in [0.1, 0.15) is 18.2 Å². The predicted molar refractivity (Wildman–Crippen MR) is 75.5 cm³/mol. The zero-order valence-electron chi connectivity index (χ0n) is 12.3. The minimum Gasteiger partial charge on any atom is -0.406 e. The minimum absolute atomic E-state index is 0.0445. The van der Waals surface area contributed by atoms with Gasteiger partial charge in [0.1, 0.15) is 5.75 Å². The van der Waals surface area contributed by atoms with Gasteiger partial charge in [-0.3, -0.25) is 9.89 Å². The number of aromatic amines is 1. The molecule has 2 heterocycles. The standard InChI is InChI=1S/C15H14F3N3O2/c1-9(22)21-6-5-13-12(8-21)14(20-19-13)10-3-2-4-11(7-10)23-15(16,17)18/h2-4,7H,5-6,8H2,1H3,(H,19,20). The Morgan fingerprint density at radius 3 is 2.87 bits per heavy atom. The number of carbonyl (C=O) groups is 1. The van der Waals surface area contributed by atoms with E-state index in [-0.39, 0.29) is 11.7 Å². The van der Waals surface area contributed by atoms with Gasteiger partial charge in [-0.25, -0.2) is 0 Å². The van der Waals surface area contributed by atoms with Crippen molar-refractivity contribution in [1.29, 1.82) is 0 Å². The van der Waals surface area contributed by atoms with Crippen LogP contribution >= 0.6 is 0 Å². The summed E-state index contributed by atoms with van der Waals surface area (Å²) >= 11 is 0. The number of amides is 1. The summed E-state index contributed by atoms with van der Waals surface area (Å²) in [6.45, 7) is 2.48. The van der Waals surface area contributed by atoms with Crippen molar-refractivity contribution in [3.05, 3.63) is 35.5 Å². The minimum atomic E-state index is -4.74. The summed E-state index contributed by atoms with van der Waals surface area (Å²) in [5.74, 6) is -0.345. The van der Waals surface area contributed by atoms with Crippen LogP contribution in [0.15, 0.2) is 24.3 Å². The number of H-pyrrole nitrogens is 1. The summed E-state index contributed by atoms with van der Waals surface area (Å²) in [6.07, 6.45) is -4.10. The monoisotopic (exact) mass is 325 g/mol. The van der Waals surface area contributed by atoms with Crippen LogP contribution in [0.2, 0.25) is 0 Å². The van der Waals surface area contributed by atoms with Crippen molar-refractivity contribution in [1.82, 2.24) is 15.1 Å². The molecule has 0 bridgehead atoms. The largest absolute Gasteiger partial charge is 0.573 e. The van der Waals surface area contributed by atoms with Gasteiger partial charge in [0.15, 0.2) is 0 Å². The topological polar surface area (TPSA) is 58.2 Å². The first-order valence-electron chi connectivity index (χ1n) is 7.01. The van der Waals surface area contributed by atoms with E-state index in [0.29, 0.717) is 30.8 Å². The Hall–Kier alpha value is -2.51. The van der Waals surface area contributed by atoms with Crippen molar-refractivity contribution in [3.8, 4) is 17.0 Å². The van der Waals surface area contributed by atoms with Gasteiger partial charge < -0.3 is 9.64 Å². The van der Waals surface area contributed by atoms with Crippen LogP contribution in [0, 0.1) is 0 Å². The van der Waals surface area contributed by atoms with Crippen molar-refractivity contribution in [2.24, 2.45) is 0 Å². The zero-order valence-corrected chi connectivity index (χ0v) is 12.3. The van der Waals surface area contributed by atoms with E-state index in [0.717, 1.165) is 11.3 Å². The summed E-state index contributed by atoms with van der Waals surface area (Å²) in [6, 6.07) is 5.66. The maximum atomic E-state index is 12.3. The summed E-state index contributed by atoms with van der Waals surface area (Å²) in [5, 5.41) is 7.10. The molecular formula is C15H14F3N3O2. The first-order chi connectivity index (χ1) is 10.8. The van der Waals surface area contributed by atoms with Crippen LogP contribution in [-0.2, 0) is 17.8 Å². The molecule has 3 rings (SSSR count). The van der Waals surface area contributed by atoms with E-state index in [1.54, 1.807) is 11.0 Å². The molecule has 2 aromatic rings. The summed E-state index contributed by atoms with van der Waals surface area (Å²) in [4.78, 5) is 13.2. The van der Waals surface area contributed by atoms with Crippen LogP contribution in [0.25, 0.3) is 11.3 Å². The number of fused-ring (bicyclic) bond motifs is 1. The van der Waals surface area contributed by atoms with Gasteiger partial charge >= 0.3 is 6.36 Å². The predicted octanol–water partition coefficient (Wildman–Crippen LogP) is 2.88. The molecular weight excluding hydrogens is 311 g/mol. The Kier molecular flexibility index (Phi) is 3.75. The number of alkyl halides is 3. The third-order valence-corrected chi connectivity index (χ3v) is 3.72. The fraction of sp³-hybridized carbons (Fsp3) is 0.333. The summed E-state index contributed by atoms with van der Waals surface area (Å²) in [5.41, 5.74) is 2.78. The molecule has 1 aliphatic heterocycles. The Balaban J connectivity index is 1.93. The van der Waals surface area contributed by atoms with Crippen LogP contribution in [0.3, 0.4) is 0 Å². The number of nitrogens with one attached hydrogen (secondary N) is 1. The third-order valence-electron chi connectivity index (χ3n) is 3.72. The van der Waals surface area contributed by atoms with Crippen molar-refractivity contribution in [2.45, 2.75) is 26.3 Å². The van der Waals surface area contributed by atoms with Crippen LogP contribution < -0.4 is 4.74 Å². The molecule has 0 atom stereocenters. The van der Waals surface area contributed by atoms with Gasteiger partial charge in [-0.2, -0.15) is 5.10 Å². The molecule has 1 amide bonds. The van der Waals surface area contributed by atoms with Gasteiger partial charge in [-0.15, -0.1) is 13.2 Å². The Bertz CT molecular complexity index is 740. The molecule has 0 saturated carbocycles. The summed E-state index contributed by atoms with van der Waals surface area (Å²) < 4.78 is 41.0. The molecule has 1 aromatic carbocycles. The normalized spacial score (nSPS) is 14.5. The molecule has 1 aliphatic rings. The van der Waals surface area contributed by atoms with E-state index in [1.165, 1.54) is 25.1 Å². The lowest BCUT2D eigenvalue weighted by Crippen LogP contribution is -2.34. The number of hydrogen-bond acceptors (Lipinski definition) is 3. The maximum absolute atomic E-state index is 12.3. The lowest BCUT2D eigenvalue weighted by molar-refractivity contribution is -0.274. The SMILES string of the molecule is CC(=O)N1CCc2[nH]nc(-c3cccc(OC(F)(F)F)c3)c2C1. The Morgan fingerprint density at radius 1 is 1.39 bits per heavy atom. The van der Waals surface area contributed by atoms with Crippen molar-refractivity contribution in [3.63, 3.8) is 0 Å². The second kappa shape index (κ2) is 5.60. The first-order valence-corrected chi connectivity index (χ1v) is 7.01. The number of halogens is 3. The van der Waals surface area contributed by atoms with E-state index in [1.807, 2.05) is 0 Å². The molecule has 1 N–H and O–H groups in total. The van der Waals surface area contributed by atoms with Gasteiger partial charge in [-0.1, -0.05) is 12.1 Å². The van der Waals surface area contributed by atoms with Crippen LogP contribution in [0.4, 0.5) is 13.2 Å². The highest BCUT2D eigenvalue weighted by Gasteiger charge is 2.31. The lowest BCUT2D eigenvalue weighted by atomic mass is 10.0. The fourth-order valence-electron chi connectivity index (χ4n) is 2.64. The first kappa shape index (κ1) is 15.4. The maximum Gasteiger partial charge on any atom is 0.573 e. The molecule has 1 aromatic heterocycles. The third kappa shape index (κ3) is 3.30. The number of nitrogens with zero attached hydrogens (tertiary/aromatic N) is 2. The van der Waals surface area contributed by atoms with E-state index in [9.17, 15) is 18.0 Å². The molecule has 5 nitrogen and oxygen atoms in total. The van der Waals surface area contributed by atoms with Gasteiger partial charge in [-0.05, 0) is 12.1 Å².